The fourth-order valence-corrected chi connectivity index (χ4v) is 1.67. The highest BCUT2D eigenvalue weighted by molar-refractivity contribution is 5.97. The summed E-state index contributed by atoms with van der Waals surface area (Å²) in [5.74, 6) is -0.0175. The van der Waals surface area contributed by atoms with Crippen LogP contribution in [0.5, 0.6) is 0 Å². The second-order valence-corrected chi connectivity index (χ2v) is 3.74. The Morgan fingerprint density at radius 2 is 2.25 bits per heavy atom. The molecule has 2 rings (SSSR count). The Morgan fingerprint density at radius 1 is 1.50 bits per heavy atom. The van der Waals surface area contributed by atoms with Crippen molar-refractivity contribution >= 4 is 16.8 Å². The maximum atomic E-state index is 12.0. The predicted molar refractivity (Wildman–Crippen MR) is 65.5 cm³/mol. The molecule has 0 atom stereocenters. The monoisotopic (exact) mass is 214 g/mol. The van der Waals surface area contributed by atoms with Crippen molar-refractivity contribution in [2.24, 2.45) is 0 Å². The lowest BCUT2D eigenvalue weighted by atomic mass is 10.2. The van der Waals surface area contributed by atoms with Crippen LogP contribution >= 0.6 is 0 Å². The van der Waals surface area contributed by atoms with Crippen molar-refractivity contribution in [1.82, 2.24) is 9.88 Å². The molecule has 0 bridgehead atoms. The Balaban J connectivity index is 2.33. The fourth-order valence-electron chi connectivity index (χ4n) is 1.67. The molecule has 2 aromatic rings. The smallest absolute Gasteiger partial charge is 0.270 e. The Hall–Kier alpha value is -2.03. The Kier molecular flexibility index (Phi) is 2.77. The third-order valence-corrected chi connectivity index (χ3v) is 2.51. The summed E-state index contributed by atoms with van der Waals surface area (Å²) in [7, 11) is 1.76. The number of hydrogen-bond acceptors (Lipinski definition) is 1. The van der Waals surface area contributed by atoms with Crippen molar-refractivity contribution < 1.29 is 4.79 Å². The molecule has 0 unspecified atom stereocenters. The molecule has 0 aliphatic carbocycles. The van der Waals surface area contributed by atoms with Crippen LogP contribution in [0.15, 0.2) is 43.0 Å². The molecule has 1 aromatic carbocycles. The van der Waals surface area contributed by atoms with Crippen LogP contribution in [0.4, 0.5) is 0 Å². The van der Waals surface area contributed by atoms with Gasteiger partial charge < -0.3 is 9.88 Å². The molecule has 0 saturated carbocycles. The van der Waals surface area contributed by atoms with Gasteiger partial charge in [-0.3, -0.25) is 4.79 Å². The molecule has 1 aromatic heterocycles. The number of para-hydroxylation sites is 1. The van der Waals surface area contributed by atoms with Crippen LogP contribution < -0.4 is 0 Å². The highest BCUT2D eigenvalue weighted by Gasteiger charge is 2.12. The SMILES string of the molecule is C=CCN(C)C(=O)c1cc2ccccc2[nH]1. The third kappa shape index (κ3) is 1.84. The number of carbonyl (C=O) groups is 1. The predicted octanol–water partition coefficient (Wildman–Crippen LogP) is 2.43. The molecule has 1 heterocycles. The van der Waals surface area contributed by atoms with Gasteiger partial charge in [0, 0.05) is 24.5 Å². The number of rotatable bonds is 3. The molecule has 3 heteroatoms. The van der Waals surface area contributed by atoms with Crippen molar-refractivity contribution in [3.05, 3.63) is 48.7 Å². The largest absolute Gasteiger partial charge is 0.351 e. The lowest BCUT2D eigenvalue weighted by Crippen LogP contribution is -2.26. The topological polar surface area (TPSA) is 36.1 Å². The zero-order chi connectivity index (χ0) is 11.5. The van der Waals surface area contributed by atoms with Gasteiger partial charge in [-0.1, -0.05) is 24.3 Å². The van der Waals surface area contributed by atoms with E-state index in [0.29, 0.717) is 12.2 Å². The molecule has 3 nitrogen and oxygen atoms in total. The second kappa shape index (κ2) is 4.23. The summed E-state index contributed by atoms with van der Waals surface area (Å²) in [6.45, 7) is 4.17. The van der Waals surface area contributed by atoms with Crippen molar-refractivity contribution in [2.75, 3.05) is 13.6 Å². The van der Waals surface area contributed by atoms with Gasteiger partial charge in [-0.2, -0.15) is 0 Å². The normalized spacial score (nSPS) is 10.3. The molecule has 0 aliphatic heterocycles. The maximum Gasteiger partial charge on any atom is 0.270 e. The van der Waals surface area contributed by atoms with Crippen molar-refractivity contribution in [3.63, 3.8) is 0 Å². The first kappa shape index (κ1) is 10.5. The molecule has 1 amide bonds. The lowest BCUT2D eigenvalue weighted by Gasteiger charge is -2.13. The van der Waals surface area contributed by atoms with Crippen LogP contribution in [0.1, 0.15) is 10.5 Å². The molecular weight excluding hydrogens is 200 g/mol. The van der Waals surface area contributed by atoms with Crippen LogP contribution in [0.3, 0.4) is 0 Å². The molecule has 82 valence electrons. The van der Waals surface area contributed by atoms with Gasteiger partial charge in [0.2, 0.25) is 0 Å². The van der Waals surface area contributed by atoms with E-state index < -0.39 is 0 Å². The van der Waals surface area contributed by atoms with E-state index in [2.05, 4.69) is 11.6 Å². The first-order valence-corrected chi connectivity index (χ1v) is 5.16. The van der Waals surface area contributed by atoms with Crippen LogP contribution in [-0.4, -0.2) is 29.4 Å². The first-order chi connectivity index (χ1) is 7.72. The number of aromatic nitrogens is 1. The van der Waals surface area contributed by atoms with Gasteiger partial charge in [0.05, 0.1) is 0 Å². The summed E-state index contributed by atoms with van der Waals surface area (Å²) in [6, 6.07) is 9.71. The number of nitrogens with one attached hydrogen (secondary N) is 1. The summed E-state index contributed by atoms with van der Waals surface area (Å²) in [5, 5.41) is 1.05. The van der Waals surface area contributed by atoms with E-state index in [-0.39, 0.29) is 5.91 Å². The van der Waals surface area contributed by atoms with E-state index in [1.165, 1.54) is 0 Å². The first-order valence-electron chi connectivity index (χ1n) is 5.16. The van der Waals surface area contributed by atoms with Crippen LogP contribution in [0, 0.1) is 0 Å². The number of hydrogen-bond donors (Lipinski definition) is 1. The molecule has 0 aliphatic rings. The van der Waals surface area contributed by atoms with Crippen molar-refractivity contribution in [3.8, 4) is 0 Å². The molecule has 0 radical (unpaired) electrons. The number of H-pyrrole nitrogens is 1. The highest BCUT2D eigenvalue weighted by atomic mass is 16.2. The van der Waals surface area contributed by atoms with Gasteiger partial charge in [0.15, 0.2) is 0 Å². The van der Waals surface area contributed by atoms with Gasteiger partial charge >= 0.3 is 0 Å². The molecule has 0 fully saturated rings. The molecule has 0 spiro atoms. The van der Waals surface area contributed by atoms with E-state index in [1.54, 1.807) is 18.0 Å². The van der Waals surface area contributed by atoms with Crippen molar-refractivity contribution in [2.45, 2.75) is 0 Å². The molecule has 0 saturated heterocycles. The Labute approximate surface area is 94.4 Å². The zero-order valence-corrected chi connectivity index (χ0v) is 9.23. The summed E-state index contributed by atoms with van der Waals surface area (Å²) in [5.41, 5.74) is 1.60. The fraction of sp³-hybridized carbons (Fsp3) is 0.154. The van der Waals surface area contributed by atoms with Gasteiger partial charge in [0.25, 0.3) is 5.91 Å². The van der Waals surface area contributed by atoms with Gasteiger partial charge in [-0.25, -0.2) is 0 Å². The van der Waals surface area contributed by atoms with E-state index in [0.717, 1.165) is 10.9 Å². The summed E-state index contributed by atoms with van der Waals surface area (Å²) in [6.07, 6.45) is 1.71. The van der Waals surface area contributed by atoms with Crippen LogP contribution in [0.25, 0.3) is 10.9 Å². The van der Waals surface area contributed by atoms with Gasteiger partial charge in [-0.05, 0) is 12.1 Å². The molecule has 16 heavy (non-hydrogen) atoms. The zero-order valence-electron chi connectivity index (χ0n) is 9.23. The summed E-state index contributed by atoms with van der Waals surface area (Å²) < 4.78 is 0. The minimum absolute atomic E-state index is 0.0175. The number of aromatic amines is 1. The average Bonchev–Trinajstić information content (AvgIpc) is 2.71. The maximum absolute atomic E-state index is 12.0. The minimum Gasteiger partial charge on any atom is -0.351 e. The van der Waals surface area contributed by atoms with E-state index in [4.69, 9.17) is 0 Å². The van der Waals surface area contributed by atoms with Gasteiger partial charge in [-0.15, -0.1) is 6.58 Å². The average molecular weight is 214 g/mol. The Morgan fingerprint density at radius 3 is 2.94 bits per heavy atom. The quantitative estimate of drug-likeness (QED) is 0.783. The van der Waals surface area contributed by atoms with Crippen LogP contribution in [0.2, 0.25) is 0 Å². The summed E-state index contributed by atoms with van der Waals surface area (Å²) in [4.78, 5) is 16.7. The number of fused-ring (bicyclic) bond motifs is 1. The molecule has 1 N–H and O–H groups in total. The lowest BCUT2D eigenvalue weighted by molar-refractivity contribution is 0.0805. The number of carbonyl (C=O) groups excluding carboxylic acids is 1. The van der Waals surface area contributed by atoms with E-state index >= 15 is 0 Å². The molecular formula is C13H14N2O. The summed E-state index contributed by atoms with van der Waals surface area (Å²) >= 11 is 0. The number of benzene rings is 1. The Bertz CT molecular complexity index is 494. The standard InChI is InChI=1S/C13H14N2O/c1-3-8-15(2)13(16)12-9-10-6-4-5-7-11(10)14-12/h3-7,9,14H,1,8H2,2H3. The van der Waals surface area contributed by atoms with Crippen molar-refractivity contribution in [1.29, 1.82) is 0 Å². The number of nitrogens with zero attached hydrogens (tertiary/aromatic N) is 1. The second-order valence-electron chi connectivity index (χ2n) is 3.74. The van der Waals surface area contributed by atoms with E-state index in [9.17, 15) is 4.79 Å². The van der Waals surface area contributed by atoms with Crippen LogP contribution in [-0.2, 0) is 0 Å². The van der Waals surface area contributed by atoms with Gasteiger partial charge in [0.1, 0.15) is 5.69 Å². The number of likely N-dealkylation sites (N-methyl/N-ethyl adjacent to an activating group) is 1. The minimum atomic E-state index is -0.0175. The number of amides is 1. The van der Waals surface area contributed by atoms with E-state index in [1.807, 2.05) is 30.3 Å². The third-order valence-electron chi connectivity index (χ3n) is 2.51. The highest BCUT2D eigenvalue weighted by Crippen LogP contribution is 2.15.